The van der Waals surface area contributed by atoms with Crippen LogP contribution in [0.2, 0.25) is 5.15 Å². The molecule has 2 bridgehead atoms. The summed E-state index contributed by atoms with van der Waals surface area (Å²) in [6.07, 6.45) is 7.51. The Morgan fingerprint density at radius 2 is 1.87 bits per heavy atom. The van der Waals surface area contributed by atoms with Crippen molar-refractivity contribution in [2.45, 2.75) is 69.4 Å². The van der Waals surface area contributed by atoms with Crippen LogP contribution in [0.4, 0.5) is 5.69 Å². The van der Waals surface area contributed by atoms with E-state index in [2.05, 4.69) is 25.8 Å². The summed E-state index contributed by atoms with van der Waals surface area (Å²) in [5, 5.41) is 17.3. The summed E-state index contributed by atoms with van der Waals surface area (Å²) < 4.78 is 0. The summed E-state index contributed by atoms with van der Waals surface area (Å²) in [5.41, 5.74) is 6.75. The van der Waals surface area contributed by atoms with Crippen molar-refractivity contribution in [3.05, 3.63) is 22.4 Å². The number of hydrogen-bond acceptors (Lipinski definition) is 7. The van der Waals surface area contributed by atoms with Gasteiger partial charge in [0.2, 0.25) is 11.8 Å². The van der Waals surface area contributed by atoms with Gasteiger partial charge in [-0.3, -0.25) is 9.59 Å². The van der Waals surface area contributed by atoms with Gasteiger partial charge in [-0.15, -0.1) is 10.2 Å². The van der Waals surface area contributed by atoms with Gasteiger partial charge in [0, 0.05) is 29.8 Å². The molecule has 3 saturated carbocycles. The number of fused-ring (bicyclic) bond motifs is 3. The van der Waals surface area contributed by atoms with Gasteiger partial charge in [0.05, 0.1) is 5.56 Å². The molecule has 0 spiro atoms. The van der Waals surface area contributed by atoms with Crippen molar-refractivity contribution in [2.75, 3.05) is 5.32 Å². The number of primary amides is 1. The van der Waals surface area contributed by atoms with Crippen LogP contribution in [0.3, 0.4) is 0 Å². The Labute approximate surface area is 184 Å². The third kappa shape index (κ3) is 3.88. The molecule has 1 atom stereocenters. The molecule has 0 aliphatic heterocycles. The van der Waals surface area contributed by atoms with E-state index in [-0.39, 0.29) is 16.9 Å². The van der Waals surface area contributed by atoms with Gasteiger partial charge < -0.3 is 16.4 Å². The lowest BCUT2D eigenvalue weighted by atomic mass is 9.57. The zero-order valence-corrected chi connectivity index (χ0v) is 18.6. The predicted molar refractivity (Wildman–Crippen MR) is 116 cm³/mol. The molecule has 2 heterocycles. The van der Waals surface area contributed by atoms with Gasteiger partial charge >= 0.3 is 0 Å². The van der Waals surface area contributed by atoms with Crippen LogP contribution in [0.5, 0.6) is 0 Å². The fraction of sp³-hybridized carbons (Fsp3) is 0.550. The summed E-state index contributed by atoms with van der Waals surface area (Å²) in [5.74, 6) is -0.416. The standard InChI is InChI=1S/C20H25ClN6O2S/c1-11(16(22)29)24-14-9-15(21)23-10-13(14)17-26-27-18(30-17)19-3-6-20(7-4-19,8-5-19)25-12(2)28/h9-11H,3-8H2,1-2H3,(H2,22,29)(H,23,24)(H,25,28)/t11-,19?,20?/m1/s1. The lowest BCUT2D eigenvalue weighted by Crippen LogP contribution is -2.57. The largest absolute Gasteiger partial charge is 0.373 e. The van der Waals surface area contributed by atoms with E-state index < -0.39 is 11.9 Å². The second-order valence-electron chi connectivity index (χ2n) is 8.48. The molecule has 3 aliphatic rings. The molecule has 8 nitrogen and oxygen atoms in total. The highest BCUT2D eigenvalue weighted by atomic mass is 35.5. The van der Waals surface area contributed by atoms with Crippen LogP contribution in [0.1, 0.15) is 57.4 Å². The smallest absolute Gasteiger partial charge is 0.239 e. The van der Waals surface area contributed by atoms with Gasteiger partial charge in [-0.2, -0.15) is 0 Å². The Hall–Kier alpha value is -2.26. The minimum absolute atomic E-state index is 0.0180. The van der Waals surface area contributed by atoms with Gasteiger partial charge in [0.15, 0.2) is 5.01 Å². The number of nitrogens with zero attached hydrogens (tertiary/aromatic N) is 3. The van der Waals surface area contributed by atoms with Crippen LogP contribution in [-0.2, 0) is 15.0 Å². The molecule has 2 amide bonds. The quantitative estimate of drug-likeness (QED) is 0.583. The molecule has 5 rings (SSSR count). The van der Waals surface area contributed by atoms with E-state index in [4.69, 9.17) is 17.3 Å². The molecule has 10 heteroatoms. The summed E-state index contributed by atoms with van der Waals surface area (Å²) >= 11 is 7.62. The maximum atomic E-state index is 11.6. The van der Waals surface area contributed by atoms with Crippen LogP contribution in [0.15, 0.2) is 12.3 Å². The average Bonchev–Trinajstić information content (AvgIpc) is 3.19. The van der Waals surface area contributed by atoms with Crippen molar-refractivity contribution in [1.82, 2.24) is 20.5 Å². The first-order valence-corrected chi connectivity index (χ1v) is 11.3. The molecule has 0 radical (unpaired) electrons. The van der Waals surface area contributed by atoms with Gasteiger partial charge in [-0.05, 0) is 51.5 Å². The Bertz CT molecular complexity index is 969. The zero-order chi connectivity index (χ0) is 21.5. The summed E-state index contributed by atoms with van der Waals surface area (Å²) in [4.78, 5) is 27.3. The van der Waals surface area contributed by atoms with Crippen molar-refractivity contribution >= 4 is 40.4 Å². The third-order valence-corrected chi connectivity index (χ3v) is 7.88. The molecule has 2 aromatic rings. The first kappa shape index (κ1) is 21.0. The van der Waals surface area contributed by atoms with E-state index in [0.29, 0.717) is 10.8 Å². The molecular weight excluding hydrogens is 424 g/mol. The Kier molecular flexibility index (Phi) is 5.44. The highest BCUT2D eigenvalue weighted by molar-refractivity contribution is 7.14. The van der Waals surface area contributed by atoms with E-state index in [9.17, 15) is 9.59 Å². The number of amides is 2. The number of nitrogens with one attached hydrogen (secondary N) is 2. The van der Waals surface area contributed by atoms with E-state index in [1.165, 1.54) is 0 Å². The minimum Gasteiger partial charge on any atom is -0.373 e. The van der Waals surface area contributed by atoms with Crippen LogP contribution < -0.4 is 16.4 Å². The molecule has 160 valence electrons. The lowest BCUT2D eigenvalue weighted by molar-refractivity contribution is -0.122. The van der Waals surface area contributed by atoms with Gasteiger partial charge in [-0.1, -0.05) is 22.9 Å². The van der Waals surface area contributed by atoms with Crippen molar-refractivity contribution in [1.29, 1.82) is 0 Å². The Morgan fingerprint density at radius 1 is 1.20 bits per heavy atom. The van der Waals surface area contributed by atoms with E-state index in [0.717, 1.165) is 54.1 Å². The predicted octanol–water partition coefficient (Wildman–Crippen LogP) is 3.02. The molecule has 3 aliphatic carbocycles. The number of rotatable bonds is 6. The van der Waals surface area contributed by atoms with E-state index in [1.54, 1.807) is 37.4 Å². The lowest BCUT2D eigenvalue weighted by Gasteiger charge is -2.52. The first-order valence-electron chi connectivity index (χ1n) is 10.1. The average molecular weight is 449 g/mol. The number of aromatic nitrogens is 3. The second-order valence-corrected chi connectivity index (χ2v) is 9.84. The number of hydrogen-bond donors (Lipinski definition) is 3. The molecule has 30 heavy (non-hydrogen) atoms. The van der Waals surface area contributed by atoms with Crippen LogP contribution in [-0.4, -0.2) is 38.6 Å². The maximum absolute atomic E-state index is 11.6. The summed E-state index contributed by atoms with van der Waals surface area (Å²) in [6.45, 7) is 3.28. The van der Waals surface area contributed by atoms with Gasteiger partial charge in [0.1, 0.15) is 16.2 Å². The van der Waals surface area contributed by atoms with Crippen molar-refractivity contribution in [3.63, 3.8) is 0 Å². The fourth-order valence-electron chi connectivity index (χ4n) is 4.64. The zero-order valence-electron chi connectivity index (χ0n) is 17.0. The topological polar surface area (TPSA) is 123 Å². The normalized spacial score (nSPS) is 26.2. The number of pyridine rings is 1. The van der Waals surface area contributed by atoms with Gasteiger partial charge in [0.25, 0.3) is 0 Å². The van der Waals surface area contributed by atoms with Crippen molar-refractivity contribution < 1.29 is 9.59 Å². The van der Waals surface area contributed by atoms with Crippen LogP contribution in [0.25, 0.3) is 10.6 Å². The minimum atomic E-state index is -0.563. The monoisotopic (exact) mass is 448 g/mol. The summed E-state index contributed by atoms with van der Waals surface area (Å²) in [6, 6.07) is 1.10. The van der Waals surface area contributed by atoms with Crippen LogP contribution in [0, 0.1) is 0 Å². The fourth-order valence-corrected chi connectivity index (χ4v) is 5.94. The molecule has 0 aromatic carbocycles. The van der Waals surface area contributed by atoms with Crippen molar-refractivity contribution in [3.8, 4) is 10.6 Å². The SMILES string of the molecule is CC(=O)NC12CCC(c3nnc(-c4cnc(Cl)cc4N[C@H](C)C(N)=O)s3)(CC1)CC2. The van der Waals surface area contributed by atoms with Crippen molar-refractivity contribution in [2.24, 2.45) is 5.73 Å². The Balaban J connectivity index is 1.59. The molecule has 0 unspecified atom stereocenters. The third-order valence-electron chi connectivity index (χ3n) is 6.47. The number of anilines is 1. The molecule has 4 N–H and O–H groups in total. The number of carbonyl (C=O) groups excluding carboxylic acids is 2. The molecule has 2 aromatic heterocycles. The highest BCUT2D eigenvalue weighted by Gasteiger charge is 2.51. The highest BCUT2D eigenvalue weighted by Crippen LogP contribution is 2.54. The second kappa shape index (κ2) is 7.77. The van der Waals surface area contributed by atoms with E-state index >= 15 is 0 Å². The first-order chi connectivity index (χ1) is 14.2. The number of halogens is 1. The van der Waals surface area contributed by atoms with E-state index in [1.807, 2.05) is 0 Å². The van der Waals surface area contributed by atoms with Gasteiger partial charge in [-0.25, -0.2) is 4.98 Å². The molecule has 0 saturated heterocycles. The number of carbonyl (C=O) groups is 2. The molecule has 3 fully saturated rings. The van der Waals surface area contributed by atoms with Crippen LogP contribution >= 0.6 is 22.9 Å². The number of nitrogens with two attached hydrogens (primary N) is 1. The maximum Gasteiger partial charge on any atom is 0.239 e. The molecular formula is C20H25ClN6O2S. The summed E-state index contributed by atoms with van der Waals surface area (Å²) in [7, 11) is 0. The Morgan fingerprint density at radius 3 is 2.47 bits per heavy atom.